The maximum atomic E-state index is 13.3. The van der Waals surface area contributed by atoms with Crippen molar-refractivity contribution in [1.82, 2.24) is 14.3 Å². The normalized spacial score (nSPS) is 18.6. The van der Waals surface area contributed by atoms with E-state index in [1.165, 1.54) is 24.4 Å². The molecule has 0 spiro atoms. The highest BCUT2D eigenvalue weighted by atomic mass is 32.3. The zero-order valence-electron chi connectivity index (χ0n) is 26.4. The Labute approximate surface area is 271 Å². The number of sulfonamides is 2. The molecule has 0 radical (unpaired) electrons. The number of thiophene rings is 1. The third kappa shape index (κ3) is 10.2. The first kappa shape index (κ1) is 39.0. The van der Waals surface area contributed by atoms with E-state index in [2.05, 4.69) is 10.1 Å². The second-order valence-corrected chi connectivity index (χ2v) is 15.2. The molecule has 17 nitrogen and oxygen atoms in total. The molecule has 0 aliphatic carbocycles. The summed E-state index contributed by atoms with van der Waals surface area (Å²) < 4.78 is 79.6. The fourth-order valence-corrected chi connectivity index (χ4v) is 8.93. The van der Waals surface area contributed by atoms with Gasteiger partial charge >= 0.3 is 23.9 Å². The average Bonchev–Trinajstić information content (AvgIpc) is 3.43. The van der Waals surface area contributed by atoms with Crippen molar-refractivity contribution in [3.63, 3.8) is 0 Å². The Hall–Kier alpha value is -3.17. The Morgan fingerprint density at radius 1 is 0.957 bits per heavy atom. The van der Waals surface area contributed by atoms with E-state index in [0.717, 1.165) is 27.7 Å². The summed E-state index contributed by atoms with van der Waals surface area (Å²) in [4.78, 5) is 60.3. The van der Waals surface area contributed by atoms with E-state index in [1.807, 2.05) is 6.92 Å². The summed E-state index contributed by atoms with van der Waals surface area (Å²) in [6.45, 7) is 8.47. The number of hydrogen-bond donors (Lipinski definition) is 2. The van der Waals surface area contributed by atoms with Crippen molar-refractivity contribution in [2.45, 2.75) is 86.8 Å². The smallest absolute Gasteiger partial charge is 0.347 e. The van der Waals surface area contributed by atoms with Gasteiger partial charge in [-0.25, -0.2) is 35.9 Å². The molecule has 5 atom stereocenters. The van der Waals surface area contributed by atoms with Crippen LogP contribution >= 0.6 is 11.3 Å². The molecule has 0 fully saturated rings. The third-order valence-electron chi connectivity index (χ3n) is 6.33. The molecule has 20 heteroatoms. The van der Waals surface area contributed by atoms with Crippen LogP contribution in [-0.4, -0.2) is 109 Å². The molecule has 0 saturated heterocycles. The summed E-state index contributed by atoms with van der Waals surface area (Å²) in [5.74, 6) is -5.42. The van der Waals surface area contributed by atoms with Crippen LogP contribution in [-0.2, 0) is 67.7 Å². The number of hydrogen-bond acceptors (Lipinski definition) is 16. The molecule has 1 amide bonds. The molecule has 0 saturated carbocycles. The van der Waals surface area contributed by atoms with Gasteiger partial charge in [0.25, 0.3) is 26.0 Å². The van der Waals surface area contributed by atoms with E-state index in [0.29, 0.717) is 30.9 Å². The van der Waals surface area contributed by atoms with Gasteiger partial charge in [0.1, 0.15) is 8.42 Å². The van der Waals surface area contributed by atoms with Crippen molar-refractivity contribution in [3.05, 3.63) is 11.6 Å². The number of carbonyl (C=O) groups excluding carboxylic acids is 5. The van der Waals surface area contributed by atoms with Gasteiger partial charge in [0.2, 0.25) is 0 Å². The number of methoxy groups -OCH3 is 1. The largest absolute Gasteiger partial charge is 0.451 e. The minimum Gasteiger partial charge on any atom is -0.451 e. The number of ether oxygens (including phenoxy) is 5. The first-order valence-corrected chi connectivity index (χ1v) is 17.8. The molecule has 2 rings (SSSR count). The molecular formula is C26H39N3O14S3. The standard InChI is InChI=1S/C26H39N3O14S3/c1-8-27-20-13-29(10-9-11-39-7)46(37,38)26-19(20)12-21(44-26)45(35,36)28-22(31)14(2)41-24(33)16(4)43-25(34)17(5)42-23(32)15(3)40-18(6)30/h12,14-17,20,27H,8-11,13H2,1-7H3,(H,28,31)/t14-,15-,16-,17-,20+/m0/s1. The van der Waals surface area contributed by atoms with E-state index in [-0.39, 0.29) is 22.9 Å². The van der Waals surface area contributed by atoms with Gasteiger partial charge in [0.05, 0.1) is 0 Å². The zero-order valence-corrected chi connectivity index (χ0v) is 28.8. The van der Waals surface area contributed by atoms with Crippen LogP contribution in [0.25, 0.3) is 0 Å². The van der Waals surface area contributed by atoms with Crippen molar-refractivity contribution in [2.75, 3.05) is 33.4 Å². The highest BCUT2D eigenvalue weighted by Crippen LogP contribution is 2.40. The Bertz CT molecular complexity index is 1510. The van der Waals surface area contributed by atoms with Crippen LogP contribution in [0.15, 0.2) is 14.5 Å². The summed E-state index contributed by atoms with van der Waals surface area (Å²) in [5, 5.41) is 3.15. The lowest BCUT2D eigenvalue weighted by Gasteiger charge is -2.32. The quantitative estimate of drug-likeness (QED) is 0.130. The van der Waals surface area contributed by atoms with Crippen LogP contribution in [0.3, 0.4) is 0 Å². The van der Waals surface area contributed by atoms with Gasteiger partial charge in [-0.05, 0) is 46.7 Å². The van der Waals surface area contributed by atoms with Crippen LogP contribution in [0.5, 0.6) is 0 Å². The molecule has 0 aromatic carbocycles. The number of fused-ring (bicyclic) bond motifs is 1. The minimum atomic E-state index is -4.61. The fraction of sp³-hybridized carbons (Fsp3) is 0.654. The van der Waals surface area contributed by atoms with Gasteiger partial charge in [-0.15, -0.1) is 11.3 Å². The third-order valence-corrected chi connectivity index (χ3v) is 11.7. The Morgan fingerprint density at radius 2 is 1.48 bits per heavy atom. The van der Waals surface area contributed by atoms with Gasteiger partial charge in [0.15, 0.2) is 24.4 Å². The molecule has 1 aliphatic heterocycles. The molecule has 1 aliphatic rings. The topological polar surface area (TPSA) is 227 Å². The van der Waals surface area contributed by atoms with E-state index >= 15 is 0 Å². The second kappa shape index (κ2) is 16.6. The van der Waals surface area contributed by atoms with Crippen LogP contribution in [0, 0.1) is 0 Å². The van der Waals surface area contributed by atoms with Crippen LogP contribution < -0.4 is 10.0 Å². The molecular weight excluding hydrogens is 674 g/mol. The maximum Gasteiger partial charge on any atom is 0.347 e. The number of carbonyl (C=O) groups is 5. The summed E-state index contributed by atoms with van der Waals surface area (Å²) in [5.41, 5.74) is 0.249. The molecule has 2 N–H and O–H groups in total. The predicted octanol–water partition coefficient (Wildman–Crippen LogP) is -0.00890. The zero-order chi connectivity index (χ0) is 35.0. The van der Waals surface area contributed by atoms with Crippen molar-refractivity contribution < 1.29 is 64.5 Å². The highest BCUT2D eigenvalue weighted by Gasteiger charge is 2.40. The van der Waals surface area contributed by atoms with Gasteiger partial charge in [-0.1, -0.05) is 6.92 Å². The summed E-state index contributed by atoms with van der Waals surface area (Å²) >= 11 is 0.483. The average molecular weight is 714 g/mol. The van der Waals surface area contributed by atoms with Gasteiger partial charge in [-0.2, -0.15) is 4.31 Å². The van der Waals surface area contributed by atoms with E-state index in [4.69, 9.17) is 18.9 Å². The van der Waals surface area contributed by atoms with Gasteiger partial charge in [0, 0.05) is 45.3 Å². The number of amides is 1. The molecule has 0 unspecified atom stereocenters. The van der Waals surface area contributed by atoms with E-state index in [1.54, 1.807) is 4.72 Å². The second-order valence-electron chi connectivity index (χ2n) is 10.1. The molecule has 2 heterocycles. The Kier molecular flexibility index (Phi) is 14.1. The van der Waals surface area contributed by atoms with Crippen molar-refractivity contribution in [3.8, 4) is 0 Å². The lowest BCUT2D eigenvalue weighted by Crippen LogP contribution is -2.43. The van der Waals surface area contributed by atoms with Crippen molar-refractivity contribution in [1.29, 1.82) is 0 Å². The first-order chi connectivity index (χ1) is 21.3. The van der Waals surface area contributed by atoms with Crippen molar-refractivity contribution >= 4 is 61.2 Å². The first-order valence-electron chi connectivity index (χ1n) is 14.1. The lowest BCUT2D eigenvalue weighted by atomic mass is 10.1. The number of esters is 4. The molecule has 46 heavy (non-hydrogen) atoms. The van der Waals surface area contributed by atoms with E-state index in [9.17, 15) is 40.8 Å². The summed E-state index contributed by atoms with van der Waals surface area (Å²) in [6.07, 6.45) is -5.67. The van der Waals surface area contributed by atoms with Gasteiger partial charge in [-0.3, -0.25) is 9.59 Å². The van der Waals surface area contributed by atoms with Gasteiger partial charge < -0.3 is 29.0 Å². The maximum absolute atomic E-state index is 13.3. The number of nitrogens with zero attached hydrogens (tertiary/aromatic N) is 1. The Balaban J connectivity index is 2.07. The molecule has 1 aromatic rings. The Morgan fingerprint density at radius 3 is 1.98 bits per heavy atom. The number of likely N-dealkylation sites (N-methyl/N-ethyl adjacent to an activating group) is 1. The number of rotatable bonds is 16. The van der Waals surface area contributed by atoms with Crippen molar-refractivity contribution in [2.24, 2.45) is 0 Å². The molecule has 0 bridgehead atoms. The van der Waals surface area contributed by atoms with Crippen LogP contribution in [0.4, 0.5) is 0 Å². The fourth-order valence-electron chi connectivity index (χ4n) is 4.00. The SMILES string of the molecule is CCN[C@@H]1CN(CCCOC)S(=O)(=O)c2sc(S(=O)(=O)NC(=O)[C@H](C)OC(=O)[C@H](C)OC(=O)[C@H](C)OC(=O)[C@H](C)OC(C)=O)cc21. The highest BCUT2D eigenvalue weighted by molar-refractivity contribution is 7.94. The lowest BCUT2D eigenvalue weighted by molar-refractivity contribution is -0.183. The van der Waals surface area contributed by atoms with E-state index < -0.39 is 84.5 Å². The predicted molar refractivity (Wildman–Crippen MR) is 159 cm³/mol. The minimum absolute atomic E-state index is 0.0693. The van der Waals surface area contributed by atoms with Crippen LogP contribution in [0.2, 0.25) is 0 Å². The number of nitrogens with one attached hydrogen (secondary N) is 2. The summed E-state index contributed by atoms with van der Waals surface area (Å²) in [6, 6.07) is 0.682. The monoisotopic (exact) mass is 713 g/mol. The molecule has 1 aromatic heterocycles. The summed E-state index contributed by atoms with van der Waals surface area (Å²) in [7, 11) is -7.15. The molecule has 260 valence electrons. The van der Waals surface area contributed by atoms with Crippen LogP contribution in [0.1, 0.15) is 59.6 Å².